The molecule has 27 heavy (non-hydrogen) atoms. The topological polar surface area (TPSA) is 107 Å². The van der Waals surface area contributed by atoms with Gasteiger partial charge in [0.05, 0.1) is 10.6 Å². The smallest absolute Gasteiger partial charge is 0.318 e. The Labute approximate surface area is 165 Å². The van der Waals surface area contributed by atoms with Gasteiger partial charge in [-0.1, -0.05) is 32.5 Å². The van der Waals surface area contributed by atoms with Crippen LogP contribution in [0.25, 0.3) is 10.2 Å². The molecule has 1 aliphatic carbocycles. The summed E-state index contributed by atoms with van der Waals surface area (Å²) in [6.45, 7) is 6.32. The predicted octanol–water partition coefficient (Wildman–Crippen LogP) is 2.67. The van der Waals surface area contributed by atoms with E-state index in [1.807, 2.05) is 20.8 Å². The zero-order chi connectivity index (χ0) is 19.7. The van der Waals surface area contributed by atoms with E-state index in [0.29, 0.717) is 11.7 Å². The second-order valence-corrected chi connectivity index (χ2v) is 9.22. The molecule has 9 heteroatoms. The Kier molecular flexibility index (Phi) is 5.90. The van der Waals surface area contributed by atoms with Crippen LogP contribution in [0.15, 0.2) is 9.95 Å². The fraction of sp³-hybridized carbons (Fsp3) is 0.556. The molecule has 2 heterocycles. The van der Waals surface area contributed by atoms with Crippen molar-refractivity contribution in [1.29, 1.82) is 0 Å². The van der Waals surface area contributed by atoms with Crippen molar-refractivity contribution in [1.82, 2.24) is 14.9 Å². The second kappa shape index (κ2) is 8.02. The molecule has 0 saturated carbocycles. The van der Waals surface area contributed by atoms with Crippen LogP contribution < -0.4 is 16.6 Å². The molecule has 0 radical (unpaired) electrons. The first-order chi connectivity index (χ1) is 12.8. The fourth-order valence-electron chi connectivity index (χ4n) is 3.37. The lowest BCUT2D eigenvalue weighted by Gasteiger charge is -2.20. The number of amides is 3. The number of aryl methyl sites for hydroxylation is 2. The number of thiophene rings is 1. The molecule has 0 saturated heterocycles. The van der Waals surface area contributed by atoms with Crippen LogP contribution in [-0.2, 0) is 24.2 Å². The Bertz CT molecular complexity index is 948. The van der Waals surface area contributed by atoms with Gasteiger partial charge in [0.15, 0.2) is 5.16 Å². The monoisotopic (exact) mass is 408 g/mol. The number of nitrogens with two attached hydrogens (primary N) is 1. The summed E-state index contributed by atoms with van der Waals surface area (Å²) >= 11 is 2.81. The maximum atomic E-state index is 13.2. The number of carbonyl (C=O) groups is 2. The molecule has 0 bridgehead atoms. The molecule has 1 atom stereocenters. The van der Waals surface area contributed by atoms with E-state index < -0.39 is 17.2 Å². The maximum absolute atomic E-state index is 13.2. The molecule has 0 fully saturated rings. The third-order valence-corrected chi connectivity index (χ3v) is 7.30. The van der Waals surface area contributed by atoms with E-state index in [1.54, 1.807) is 15.9 Å². The van der Waals surface area contributed by atoms with Crippen molar-refractivity contribution < 1.29 is 9.59 Å². The largest absolute Gasteiger partial charge is 0.351 e. The van der Waals surface area contributed by atoms with E-state index in [1.165, 1.54) is 16.6 Å². The molecule has 7 nitrogen and oxygen atoms in total. The molecule has 3 N–H and O–H groups in total. The van der Waals surface area contributed by atoms with Gasteiger partial charge < -0.3 is 5.73 Å². The van der Waals surface area contributed by atoms with Crippen molar-refractivity contribution in [3.8, 4) is 0 Å². The summed E-state index contributed by atoms with van der Waals surface area (Å²) < 4.78 is 1.67. The van der Waals surface area contributed by atoms with Gasteiger partial charge >= 0.3 is 6.03 Å². The molecule has 1 aliphatic rings. The van der Waals surface area contributed by atoms with E-state index in [2.05, 4.69) is 5.32 Å². The fourth-order valence-corrected chi connectivity index (χ4v) is 5.79. The van der Waals surface area contributed by atoms with Crippen molar-refractivity contribution in [2.45, 2.75) is 63.4 Å². The van der Waals surface area contributed by atoms with Crippen LogP contribution in [-0.4, -0.2) is 26.7 Å². The lowest BCUT2D eigenvalue weighted by atomic mass is 10.1. The van der Waals surface area contributed by atoms with Crippen LogP contribution in [0.2, 0.25) is 0 Å². The number of fused-ring (bicyclic) bond motifs is 3. The number of thioether (sulfide) groups is 1. The lowest BCUT2D eigenvalue weighted by Crippen LogP contribution is -2.42. The maximum Gasteiger partial charge on any atom is 0.318 e. The number of nitrogens with zero attached hydrogens (tertiary/aromatic N) is 2. The number of hydrogen-bond acceptors (Lipinski definition) is 6. The molecule has 0 aliphatic heterocycles. The molecule has 3 amide bonds. The normalized spacial score (nSPS) is 14.5. The molecule has 0 spiro atoms. The highest BCUT2D eigenvalue weighted by molar-refractivity contribution is 8.00. The minimum Gasteiger partial charge on any atom is -0.351 e. The minimum absolute atomic E-state index is 0.0263. The van der Waals surface area contributed by atoms with Gasteiger partial charge in [-0.05, 0) is 37.2 Å². The van der Waals surface area contributed by atoms with Crippen LogP contribution in [0.3, 0.4) is 0 Å². The second-order valence-electron chi connectivity index (χ2n) is 7.02. The summed E-state index contributed by atoms with van der Waals surface area (Å²) in [6.07, 6.45) is 3.80. The summed E-state index contributed by atoms with van der Waals surface area (Å²) in [5, 5.41) is 2.84. The number of primary amides is 1. The lowest BCUT2D eigenvalue weighted by molar-refractivity contribution is -0.120. The van der Waals surface area contributed by atoms with Crippen molar-refractivity contribution in [3.05, 3.63) is 20.8 Å². The van der Waals surface area contributed by atoms with Gasteiger partial charge in [-0.15, -0.1) is 11.3 Å². The number of urea groups is 1. The Balaban J connectivity index is 2.07. The minimum atomic E-state index is -0.879. The quantitative estimate of drug-likeness (QED) is 0.564. The SMILES string of the molecule is CCCn1c(S[C@@H](C(=O)NC(N)=O)C(C)C)nc2sc3c(c2c1=O)CCC3. The summed E-state index contributed by atoms with van der Waals surface area (Å²) in [6, 6.07) is -0.879. The van der Waals surface area contributed by atoms with Gasteiger partial charge in [0.2, 0.25) is 5.91 Å². The zero-order valence-electron chi connectivity index (χ0n) is 15.7. The van der Waals surface area contributed by atoms with Gasteiger partial charge in [0.1, 0.15) is 4.83 Å². The Hall–Kier alpha value is -1.87. The third kappa shape index (κ3) is 3.89. The van der Waals surface area contributed by atoms with Crippen LogP contribution in [0.4, 0.5) is 4.79 Å². The first-order valence-electron chi connectivity index (χ1n) is 9.15. The predicted molar refractivity (Wildman–Crippen MR) is 108 cm³/mol. The average Bonchev–Trinajstić information content (AvgIpc) is 3.15. The molecule has 3 rings (SSSR count). The van der Waals surface area contributed by atoms with Crippen molar-refractivity contribution in [3.63, 3.8) is 0 Å². The molecular weight excluding hydrogens is 384 g/mol. The highest BCUT2D eigenvalue weighted by atomic mass is 32.2. The molecule has 146 valence electrons. The van der Waals surface area contributed by atoms with Gasteiger partial charge in [-0.25, -0.2) is 9.78 Å². The van der Waals surface area contributed by atoms with Gasteiger partial charge in [0.25, 0.3) is 5.56 Å². The van der Waals surface area contributed by atoms with Gasteiger partial charge in [-0.2, -0.15) is 0 Å². The van der Waals surface area contributed by atoms with E-state index in [9.17, 15) is 14.4 Å². The number of hydrogen-bond donors (Lipinski definition) is 2. The average molecular weight is 409 g/mol. The van der Waals surface area contributed by atoms with Gasteiger partial charge in [-0.3, -0.25) is 19.5 Å². The summed E-state index contributed by atoms with van der Waals surface area (Å²) in [7, 11) is 0. The Morgan fingerprint density at radius 3 is 2.74 bits per heavy atom. The van der Waals surface area contributed by atoms with Crippen LogP contribution >= 0.6 is 23.1 Å². The van der Waals surface area contributed by atoms with Crippen molar-refractivity contribution >= 4 is 45.3 Å². The number of rotatable bonds is 6. The molecule has 2 aromatic rings. The third-order valence-electron chi connectivity index (χ3n) is 4.58. The molecule has 2 aromatic heterocycles. The van der Waals surface area contributed by atoms with E-state index in [0.717, 1.165) is 41.5 Å². The summed E-state index contributed by atoms with van der Waals surface area (Å²) in [5.41, 5.74) is 6.22. The number of carbonyl (C=O) groups excluding carboxylic acids is 2. The Morgan fingerprint density at radius 2 is 2.11 bits per heavy atom. The van der Waals surface area contributed by atoms with Crippen LogP contribution in [0.5, 0.6) is 0 Å². The molecule has 0 unspecified atom stereocenters. The Morgan fingerprint density at radius 1 is 1.37 bits per heavy atom. The highest BCUT2D eigenvalue weighted by Gasteiger charge is 2.28. The first kappa shape index (κ1) is 19.9. The van der Waals surface area contributed by atoms with Gasteiger partial charge in [0, 0.05) is 11.4 Å². The van der Waals surface area contributed by atoms with Crippen LogP contribution in [0.1, 0.15) is 44.1 Å². The highest BCUT2D eigenvalue weighted by Crippen LogP contribution is 2.36. The number of aromatic nitrogens is 2. The van der Waals surface area contributed by atoms with Crippen molar-refractivity contribution in [2.24, 2.45) is 11.7 Å². The number of imide groups is 1. The standard InChI is InChI=1S/C18H24N4O3S2/c1-4-8-22-16(24)12-10-6-5-7-11(10)26-15(12)21-18(22)27-13(9(2)3)14(23)20-17(19)25/h9,13H,4-8H2,1-3H3,(H3,19,20,23,25)/t13-/m1/s1. The zero-order valence-corrected chi connectivity index (χ0v) is 17.3. The summed E-state index contributed by atoms with van der Waals surface area (Å²) in [5.74, 6) is -0.529. The number of nitrogens with one attached hydrogen (secondary N) is 1. The van der Waals surface area contributed by atoms with Crippen LogP contribution in [0, 0.1) is 5.92 Å². The molecule has 0 aromatic carbocycles. The van der Waals surface area contributed by atoms with E-state index >= 15 is 0 Å². The summed E-state index contributed by atoms with van der Waals surface area (Å²) in [4.78, 5) is 43.4. The molecular formula is C18H24N4O3S2. The van der Waals surface area contributed by atoms with Crippen molar-refractivity contribution in [2.75, 3.05) is 0 Å². The first-order valence-corrected chi connectivity index (χ1v) is 10.8. The van der Waals surface area contributed by atoms with E-state index in [-0.39, 0.29) is 11.5 Å². The van der Waals surface area contributed by atoms with E-state index in [4.69, 9.17) is 10.7 Å².